The number of carbonyl (C=O) groups excluding carboxylic acids is 1. The molecule has 0 spiro atoms. The Hall–Kier alpha value is -2.69. The molecule has 0 aliphatic carbocycles. The highest BCUT2D eigenvalue weighted by molar-refractivity contribution is 5.94. The van der Waals surface area contributed by atoms with Gasteiger partial charge in [-0.25, -0.2) is 8.78 Å². The number of hydrogen-bond acceptors (Lipinski definition) is 2. The molecule has 0 saturated heterocycles. The van der Waals surface area contributed by atoms with Crippen LogP contribution in [0.5, 0.6) is 0 Å². The first-order valence-corrected chi connectivity index (χ1v) is 6.79. The SMILES string of the molecule is C[C@@H](NC(=O)c1ccc(F)cc1F)c1cc2ccccc2o1. The second-order valence-electron chi connectivity index (χ2n) is 5.01. The zero-order valence-corrected chi connectivity index (χ0v) is 11.8. The number of halogens is 2. The van der Waals surface area contributed by atoms with Crippen LogP contribution in [0.15, 0.2) is 52.9 Å². The fourth-order valence-corrected chi connectivity index (χ4v) is 2.23. The Balaban J connectivity index is 1.81. The molecule has 3 nitrogen and oxygen atoms in total. The Labute approximate surface area is 125 Å². The average Bonchev–Trinajstić information content (AvgIpc) is 2.91. The Kier molecular flexibility index (Phi) is 3.63. The predicted molar refractivity (Wildman–Crippen MR) is 78.5 cm³/mol. The van der Waals surface area contributed by atoms with Crippen LogP contribution in [0, 0.1) is 11.6 Å². The number of fused-ring (bicyclic) bond motifs is 1. The van der Waals surface area contributed by atoms with E-state index in [0.717, 1.165) is 17.5 Å². The standard InChI is InChI=1S/C17H13F2NO2/c1-10(16-8-11-4-2-3-5-15(11)22-16)20-17(21)13-7-6-12(18)9-14(13)19/h2-10H,1H3,(H,20,21)/t10-/m1/s1. The van der Waals surface area contributed by atoms with Crippen molar-refractivity contribution in [3.8, 4) is 0 Å². The number of furan rings is 1. The Morgan fingerprint density at radius 3 is 2.64 bits per heavy atom. The fourth-order valence-electron chi connectivity index (χ4n) is 2.23. The minimum absolute atomic E-state index is 0.204. The van der Waals surface area contributed by atoms with Crippen LogP contribution in [-0.4, -0.2) is 5.91 Å². The summed E-state index contributed by atoms with van der Waals surface area (Å²) in [5.41, 5.74) is 0.510. The van der Waals surface area contributed by atoms with Crippen LogP contribution in [0.2, 0.25) is 0 Å². The van der Waals surface area contributed by atoms with Crippen molar-refractivity contribution in [3.63, 3.8) is 0 Å². The molecule has 0 radical (unpaired) electrons. The number of nitrogens with one attached hydrogen (secondary N) is 1. The minimum Gasteiger partial charge on any atom is -0.459 e. The molecule has 1 atom stereocenters. The molecule has 1 N–H and O–H groups in total. The number of para-hydroxylation sites is 1. The second-order valence-corrected chi connectivity index (χ2v) is 5.01. The van der Waals surface area contributed by atoms with Crippen molar-refractivity contribution in [3.05, 3.63) is 71.5 Å². The molecule has 5 heteroatoms. The summed E-state index contributed by atoms with van der Waals surface area (Å²) < 4.78 is 32.1. The van der Waals surface area contributed by atoms with Crippen LogP contribution in [0.25, 0.3) is 11.0 Å². The summed E-state index contributed by atoms with van der Waals surface area (Å²) >= 11 is 0. The molecule has 0 fully saturated rings. The van der Waals surface area contributed by atoms with E-state index in [1.165, 1.54) is 0 Å². The molecule has 0 unspecified atom stereocenters. The molecule has 112 valence electrons. The van der Waals surface area contributed by atoms with Gasteiger partial charge in [0, 0.05) is 11.5 Å². The molecule has 2 aromatic carbocycles. The molecule has 1 heterocycles. The summed E-state index contributed by atoms with van der Waals surface area (Å²) in [4.78, 5) is 12.1. The number of hydrogen-bond donors (Lipinski definition) is 1. The van der Waals surface area contributed by atoms with E-state index in [0.29, 0.717) is 17.4 Å². The number of amides is 1. The lowest BCUT2D eigenvalue weighted by Gasteiger charge is -2.11. The molecule has 0 aliphatic heterocycles. The van der Waals surface area contributed by atoms with Crippen molar-refractivity contribution in [2.75, 3.05) is 0 Å². The monoisotopic (exact) mass is 301 g/mol. The van der Waals surface area contributed by atoms with Crippen LogP contribution in [-0.2, 0) is 0 Å². The van der Waals surface area contributed by atoms with E-state index in [9.17, 15) is 13.6 Å². The molecule has 22 heavy (non-hydrogen) atoms. The van der Waals surface area contributed by atoms with Gasteiger partial charge in [-0.05, 0) is 31.2 Å². The number of rotatable bonds is 3. The number of carbonyl (C=O) groups is 1. The van der Waals surface area contributed by atoms with Crippen molar-refractivity contribution in [1.82, 2.24) is 5.32 Å². The average molecular weight is 301 g/mol. The third-order valence-electron chi connectivity index (χ3n) is 3.39. The summed E-state index contributed by atoms with van der Waals surface area (Å²) in [5, 5.41) is 3.56. The smallest absolute Gasteiger partial charge is 0.254 e. The van der Waals surface area contributed by atoms with E-state index in [2.05, 4.69) is 5.32 Å². The third-order valence-corrected chi connectivity index (χ3v) is 3.39. The van der Waals surface area contributed by atoms with Gasteiger partial charge in [-0.1, -0.05) is 18.2 Å². The lowest BCUT2D eigenvalue weighted by Crippen LogP contribution is -2.27. The van der Waals surface area contributed by atoms with Crippen molar-refractivity contribution in [1.29, 1.82) is 0 Å². The maximum absolute atomic E-state index is 13.6. The van der Waals surface area contributed by atoms with Crippen LogP contribution in [0.1, 0.15) is 29.1 Å². The van der Waals surface area contributed by atoms with Gasteiger partial charge in [0.25, 0.3) is 5.91 Å². The minimum atomic E-state index is -0.894. The molecular weight excluding hydrogens is 288 g/mol. The zero-order valence-electron chi connectivity index (χ0n) is 11.8. The van der Waals surface area contributed by atoms with Gasteiger partial charge >= 0.3 is 0 Å². The van der Waals surface area contributed by atoms with Crippen LogP contribution in [0.3, 0.4) is 0 Å². The summed E-state index contributed by atoms with van der Waals surface area (Å²) in [7, 11) is 0. The number of benzene rings is 2. The molecular formula is C17H13F2NO2. The molecule has 3 aromatic rings. The van der Waals surface area contributed by atoms with Crippen LogP contribution >= 0.6 is 0 Å². The zero-order chi connectivity index (χ0) is 15.7. The van der Waals surface area contributed by atoms with E-state index in [4.69, 9.17) is 4.42 Å². The Morgan fingerprint density at radius 2 is 1.91 bits per heavy atom. The highest BCUT2D eigenvalue weighted by Crippen LogP contribution is 2.24. The van der Waals surface area contributed by atoms with Gasteiger partial charge in [0.2, 0.25) is 0 Å². The third kappa shape index (κ3) is 2.70. The van der Waals surface area contributed by atoms with Crippen molar-refractivity contribution < 1.29 is 18.0 Å². The topological polar surface area (TPSA) is 42.2 Å². The second kappa shape index (κ2) is 5.60. The summed E-state index contributed by atoms with van der Waals surface area (Å²) in [6, 6.07) is 11.7. The molecule has 0 bridgehead atoms. The maximum Gasteiger partial charge on any atom is 0.254 e. The first-order chi connectivity index (χ1) is 10.5. The normalized spacial score (nSPS) is 12.3. The molecule has 0 saturated carbocycles. The van der Waals surface area contributed by atoms with Crippen molar-refractivity contribution in [2.24, 2.45) is 0 Å². The van der Waals surface area contributed by atoms with Crippen LogP contribution < -0.4 is 5.32 Å². The van der Waals surface area contributed by atoms with Gasteiger partial charge in [0.15, 0.2) is 0 Å². The maximum atomic E-state index is 13.6. The van der Waals surface area contributed by atoms with E-state index in [-0.39, 0.29) is 5.56 Å². The fraction of sp³-hybridized carbons (Fsp3) is 0.118. The van der Waals surface area contributed by atoms with E-state index >= 15 is 0 Å². The Morgan fingerprint density at radius 1 is 1.14 bits per heavy atom. The summed E-state index contributed by atoms with van der Waals surface area (Å²) in [6.45, 7) is 1.73. The summed E-state index contributed by atoms with van der Waals surface area (Å²) in [6.07, 6.45) is 0. The van der Waals surface area contributed by atoms with Crippen molar-refractivity contribution >= 4 is 16.9 Å². The van der Waals surface area contributed by atoms with Crippen LogP contribution in [0.4, 0.5) is 8.78 Å². The molecule has 0 aliphatic rings. The van der Waals surface area contributed by atoms with E-state index in [1.807, 2.05) is 30.3 Å². The lowest BCUT2D eigenvalue weighted by atomic mass is 10.1. The first kappa shape index (κ1) is 14.3. The molecule has 1 amide bonds. The highest BCUT2D eigenvalue weighted by atomic mass is 19.1. The van der Waals surface area contributed by atoms with Gasteiger partial charge in [-0.2, -0.15) is 0 Å². The van der Waals surface area contributed by atoms with Crippen molar-refractivity contribution in [2.45, 2.75) is 13.0 Å². The van der Waals surface area contributed by atoms with Gasteiger partial charge in [-0.3, -0.25) is 4.79 Å². The molecule has 1 aromatic heterocycles. The van der Waals surface area contributed by atoms with Gasteiger partial charge in [0.1, 0.15) is 23.0 Å². The highest BCUT2D eigenvalue weighted by Gasteiger charge is 2.18. The first-order valence-electron chi connectivity index (χ1n) is 6.79. The van der Waals surface area contributed by atoms with E-state index < -0.39 is 23.6 Å². The lowest BCUT2D eigenvalue weighted by molar-refractivity contribution is 0.0931. The van der Waals surface area contributed by atoms with Gasteiger partial charge in [-0.15, -0.1) is 0 Å². The van der Waals surface area contributed by atoms with E-state index in [1.54, 1.807) is 6.92 Å². The predicted octanol–water partition coefficient (Wildman–Crippen LogP) is 4.20. The summed E-state index contributed by atoms with van der Waals surface area (Å²) in [5.74, 6) is -1.67. The quantitative estimate of drug-likeness (QED) is 0.787. The van der Waals surface area contributed by atoms with Gasteiger partial charge in [0.05, 0.1) is 11.6 Å². The molecule has 3 rings (SSSR count). The Bertz CT molecular complexity index is 809. The largest absolute Gasteiger partial charge is 0.459 e. The van der Waals surface area contributed by atoms with Gasteiger partial charge < -0.3 is 9.73 Å².